The first-order chi connectivity index (χ1) is 11.2. The van der Waals surface area contributed by atoms with E-state index >= 15 is 0 Å². The first-order valence-electron chi connectivity index (χ1n) is 6.91. The van der Waals surface area contributed by atoms with Crippen LogP contribution in [-0.4, -0.2) is 25.1 Å². The lowest BCUT2D eigenvalue weighted by Gasteiger charge is -2.11. The largest absolute Gasteiger partial charge is 0.318 e. The molecule has 2 aliphatic rings. The third-order valence-corrected chi connectivity index (χ3v) is 4.02. The number of aliphatic imine (C=N–C) groups is 2. The van der Waals surface area contributed by atoms with Gasteiger partial charge in [-0.3, -0.25) is 14.8 Å². The zero-order valence-corrected chi connectivity index (χ0v) is 14.6. The number of hydrogen-bond acceptors (Lipinski definition) is 5. The van der Waals surface area contributed by atoms with Crippen LogP contribution in [0.3, 0.4) is 0 Å². The van der Waals surface area contributed by atoms with E-state index in [0.29, 0.717) is 34.3 Å². The maximum atomic E-state index is 12.6. The van der Waals surface area contributed by atoms with Gasteiger partial charge in [-0.25, -0.2) is 9.98 Å². The van der Waals surface area contributed by atoms with Gasteiger partial charge < -0.3 is 5.32 Å². The Balaban J connectivity index is 0.00000169. The highest BCUT2D eigenvalue weighted by Gasteiger charge is 2.17. The zero-order valence-electron chi connectivity index (χ0n) is 12.2. The van der Waals surface area contributed by atoms with Crippen molar-refractivity contribution in [2.24, 2.45) is 20.0 Å². The standard InChI is InChI=1S/C16H10BrN5O.ClH/c17-11-3-1-2-9(4-11)16(23)22-15-13-10(6-18-7-20-13)5-12-14(15)21-8-19-12;/h1-6,8H,7H2,(H,22,23);1H. The van der Waals surface area contributed by atoms with E-state index in [-0.39, 0.29) is 18.3 Å². The van der Waals surface area contributed by atoms with E-state index in [9.17, 15) is 4.79 Å². The van der Waals surface area contributed by atoms with E-state index in [0.717, 1.165) is 10.0 Å². The number of amides is 1. The summed E-state index contributed by atoms with van der Waals surface area (Å²) in [7, 11) is 0. The predicted octanol–water partition coefficient (Wildman–Crippen LogP) is 2.43. The van der Waals surface area contributed by atoms with Crippen molar-refractivity contribution in [3.05, 3.63) is 56.6 Å². The van der Waals surface area contributed by atoms with E-state index in [2.05, 4.69) is 41.2 Å². The Kier molecular flexibility index (Phi) is 4.55. The van der Waals surface area contributed by atoms with Crippen LogP contribution in [0, 0.1) is 0 Å². The zero-order chi connectivity index (χ0) is 15.8. The van der Waals surface area contributed by atoms with Crippen molar-refractivity contribution in [3.8, 4) is 0 Å². The van der Waals surface area contributed by atoms with Crippen LogP contribution in [-0.2, 0) is 0 Å². The fourth-order valence-corrected chi connectivity index (χ4v) is 2.90. The molecular formula is C16H11BrClN5O. The van der Waals surface area contributed by atoms with Crippen LogP contribution in [0.4, 0.5) is 11.4 Å². The molecule has 2 aromatic carbocycles. The molecule has 2 aliphatic heterocycles. The average Bonchev–Trinajstić information content (AvgIpc) is 3.02. The smallest absolute Gasteiger partial charge is 0.255 e. The lowest BCUT2D eigenvalue weighted by atomic mass is 10.1. The van der Waals surface area contributed by atoms with Crippen LogP contribution < -0.4 is 16.0 Å². The summed E-state index contributed by atoms with van der Waals surface area (Å²) in [6.07, 6.45) is 3.22. The molecule has 0 fully saturated rings. The van der Waals surface area contributed by atoms with Crippen molar-refractivity contribution in [2.45, 2.75) is 0 Å². The van der Waals surface area contributed by atoms with Gasteiger partial charge in [-0.1, -0.05) is 22.0 Å². The van der Waals surface area contributed by atoms with Crippen LogP contribution in [0.5, 0.6) is 0 Å². The molecule has 1 amide bonds. The number of nitrogens with one attached hydrogen (secondary N) is 1. The molecule has 0 bridgehead atoms. The summed E-state index contributed by atoms with van der Waals surface area (Å²) < 4.78 is 0.843. The Labute approximate surface area is 151 Å². The van der Waals surface area contributed by atoms with Gasteiger partial charge in [0.1, 0.15) is 18.7 Å². The van der Waals surface area contributed by atoms with E-state index in [1.54, 1.807) is 18.3 Å². The lowest BCUT2D eigenvalue weighted by Crippen LogP contribution is -2.26. The molecular weight excluding hydrogens is 394 g/mol. The molecule has 120 valence electrons. The minimum absolute atomic E-state index is 0. The molecule has 0 aromatic heterocycles. The highest BCUT2D eigenvalue weighted by atomic mass is 79.9. The Morgan fingerprint density at radius 1 is 1.25 bits per heavy atom. The molecule has 0 saturated heterocycles. The third-order valence-electron chi connectivity index (χ3n) is 3.53. The topological polar surface area (TPSA) is 78.5 Å². The Morgan fingerprint density at radius 2 is 2.12 bits per heavy atom. The second-order valence-electron chi connectivity index (χ2n) is 5.01. The molecule has 1 N–H and O–H groups in total. The highest BCUT2D eigenvalue weighted by molar-refractivity contribution is 9.10. The first-order valence-corrected chi connectivity index (χ1v) is 7.70. The van der Waals surface area contributed by atoms with Crippen molar-refractivity contribution < 1.29 is 4.79 Å². The first kappa shape index (κ1) is 16.5. The SMILES string of the molecule is Cl.O=C(Nc1c2c(cc3c1=NCN=C3)=NC=N2)c1cccc(Br)c1. The van der Waals surface area contributed by atoms with Crippen molar-refractivity contribution in [3.63, 3.8) is 0 Å². The highest BCUT2D eigenvalue weighted by Crippen LogP contribution is 2.21. The van der Waals surface area contributed by atoms with Crippen molar-refractivity contribution in [1.82, 2.24) is 0 Å². The van der Waals surface area contributed by atoms with Crippen LogP contribution in [0.2, 0.25) is 0 Å². The number of carbonyl (C=O) groups is 1. The van der Waals surface area contributed by atoms with Crippen molar-refractivity contribution in [1.29, 1.82) is 0 Å². The average molecular weight is 405 g/mol. The van der Waals surface area contributed by atoms with Gasteiger partial charge in [-0.05, 0) is 24.3 Å². The Hall–Kier alpha value is -2.38. The van der Waals surface area contributed by atoms with Gasteiger partial charge in [0.25, 0.3) is 5.91 Å². The van der Waals surface area contributed by atoms with Gasteiger partial charge in [-0.15, -0.1) is 12.4 Å². The minimum atomic E-state index is -0.221. The molecule has 2 aromatic rings. The summed E-state index contributed by atoms with van der Waals surface area (Å²) in [5.74, 6) is -0.221. The monoisotopic (exact) mass is 403 g/mol. The van der Waals surface area contributed by atoms with E-state index in [1.165, 1.54) is 6.34 Å². The van der Waals surface area contributed by atoms with E-state index in [4.69, 9.17) is 0 Å². The molecule has 24 heavy (non-hydrogen) atoms. The van der Waals surface area contributed by atoms with Gasteiger partial charge in [0.15, 0.2) is 0 Å². The summed E-state index contributed by atoms with van der Waals surface area (Å²) in [5, 5.41) is 4.32. The maximum absolute atomic E-state index is 12.6. The second-order valence-corrected chi connectivity index (χ2v) is 5.92. The van der Waals surface area contributed by atoms with E-state index < -0.39 is 0 Å². The molecule has 8 heteroatoms. The number of anilines is 1. The summed E-state index contributed by atoms with van der Waals surface area (Å²) in [5.41, 5.74) is 2.58. The molecule has 2 heterocycles. The molecule has 0 unspecified atom stereocenters. The number of halogens is 2. The lowest BCUT2D eigenvalue weighted by molar-refractivity contribution is 0.102. The van der Waals surface area contributed by atoms with Crippen LogP contribution >= 0.6 is 28.3 Å². The van der Waals surface area contributed by atoms with Gasteiger partial charge in [-0.2, -0.15) is 0 Å². The minimum Gasteiger partial charge on any atom is -0.318 e. The number of rotatable bonds is 2. The van der Waals surface area contributed by atoms with Crippen molar-refractivity contribution in [2.75, 3.05) is 12.0 Å². The van der Waals surface area contributed by atoms with E-state index in [1.807, 2.05) is 18.2 Å². The van der Waals surface area contributed by atoms with Gasteiger partial charge >= 0.3 is 0 Å². The van der Waals surface area contributed by atoms with Crippen LogP contribution in [0.1, 0.15) is 15.9 Å². The molecule has 0 spiro atoms. The normalized spacial score (nSPS) is 13.2. The molecule has 0 aliphatic carbocycles. The molecule has 0 saturated carbocycles. The van der Waals surface area contributed by atoms with Gasteiger partial charge in [0, 0.05) is 21.8 Å². The van der Waals surface area contributed by atoms with Gasteiger partial charge in [0.2, 0.25) is 0 Å². The van der Waals surface area contributed by atoms with Crippen LogP contribution in [0.25, 0.3) is 0 Å². The molecule has 4 rings (SSSR count). The van der Waals surface area contributed by atoms with Crippen molar-refractivity contribution >= 4 is 58.2 Å². The Bertz CT molecular complexity index is 1020. The number of nitrogens with zero attached hydrogens (tertiary/aromatic N) is 4. The number of benzene rings is 2. The summed E-state index contributed by atoms with van der Waals surface area (Å²) in [4.78, 5) is 29.6. The van der Waals surface area contributed by atoms with Crippen LogP contribution in [0.15, 0.2) is 54.8 Å². The third kappa shape index (κ3) is 2.88. The quantitative estimate of drug-likeness (QED) is 0.820. The number of carbonyl (C=O) groups excluding carboxylic acids is 1. The number of fused-ring (bicyclic) bond motifs is 2. The molecule has 6 nitrogen and oxygen atoms in total. The van der Waals surface area contributed by atoms with Gasteiger partial charge in [0.05, 0.1) is 16.4 Å². The second kappa shape index (κ2) is 6.62. The molecule has 0 radical (unpaired) electrons. The fraction of sp³-hybridized carbons (Fsp3) is 0.0625. The maximum Gasteiger partial charge on any atom is 0.255 e. The fourth-order valence-electron chi connectivity index (χ4n) is 2.50. The number of hydrogen-bond donors (Lipinski definition) is 1. The summed E-state index contributed by atoms with van der Waals surface area (Å²) in [6.45, 7) is 0.340. The molecule has 0 atom stereocenters. The summed E-state index contributed by atoms with van der Waals surface area (Å²) >= 11 is 3.37. The summed E-state index contributed by atoms with van der Waals surface area (Å²) in [6, 6.07) is 9.07. The Morgan fingerprint density at radius 3 is 2.96 bits per heavy atom. The predicted molar refractivity (Wildman–Crippen MR) is 98.7 cm³/mol.